The van der Waals surface area contributed by atoms with E-state index in [2.05, 4.69) is 40.4 Å². The van der Waals surface area contributed by atoms with Crippen molar-refractivity contribution in [3.63, 3.8) is 0 Å². The third-order valence-electron chi connectivity index (χ3n) is 4.52. The highest BCUT2D eigenvalue weighted by atomic mass is 32.2. The maximum atomic E-state index is 9.91. The van der Waals surface area contributed by atoms with Gasteiger partial charge in [-0.15, -0.1) is 0 Å². The van der Waals surface area contributed by atoms with Crippen molar-refractivity contribution >= 4 is 23.3 Å². The molecule has 0 unspecified atom stereocenters. The van der Waals surface area contributed by atoms with Crippen molar-refractivity contribution < 1.29 is 9.84 Å². The molecule has 2 aromatic carbocycles. The Morgan fingerprint density at radius 1 is 1.16 bits per heavy atom. The van der Waals surface area contributed by atoms with Crippen LogP contribution < -0.4 is 10.2 Å². The molecule has 1 aromatic heterocycles. The normalized spacial score (nSPS) is 11.3. The molecule has 32 heavy (non-hydrogen) atoms. The van der Waals surface area contributed by atoms with Crippen LogP contribution in [-0.4, -0.2) is 33.6 Å². The molecule has 164 valence electrons. The number of hydrogen-bond acceptors (Lipinski definition) is 8. The van der Waals surface area contributed by atoms with Gasteiger partial charge in [-0.2, -0.15) is 10.4 Å². The summed E-state index contributed by atoms with van der Waals surface area (Å²) in [6.07, 6.45) is 0. The second-order valence-electron chi connectivity index (χ2n) is 7.48. The summed E-state index contributed by atoms with van der Waals surface area (Å²) in [6, 6.07) is 16.4. The first kappa shape index (κ1) is 23.1. The first-order valence-corrected chi connectivity index (χ1v) is 11.1. The molecule has 0 aliphatic heterocycles. The summed E-state index contributed by atoms with van der Waals surface area (Å²) in [7, 11) is 1.61. The van der Waals surface area contributed by atoms with E-state index in [1.54, 1.807) is 31.4 Å². The van der Waals surface area contributed by atoms with Gasteiger partial charge in [0.1, 0.15) is 23.1 Å². The second kappa shape index (κ2) is 10.6. The number of hydrazone groups is 1. The van der Waals surface area contributed by atoms with E-state index in [1.165, 1.54) is 11.8 Å². The fraction of sp³-hybridized carbons (Fsp3) is 0.250. The third-order valence-corrected chi connectivity index (χ3v) is 5.80. The van der Waals surface area contributed by atoms with Crippen molar-refractivity contribution in [1.29, 1.82) is 5.26 Å². The Morgan fingerprint density at radius 3 is 2.44 bits per heavy atom. The Hall–Kier alpha value is -3.57. The van der Waals surface area contributed by atoms with Gasteiger partial charge in [0, 0.05) is 11.3 Å². The zero-order chi connectivity index (χ0) is 23.1. The molecule has 3 aromatic rings. The molecule has 1 heterocycles. The minimum atomic E-state index is 0.188. The topological polar surface area (TPSA) is 103 Å². The Kier molecular flexibility index (Phi) is 7.68. The van der Waals surface area contributed by atoms with E-state index in [1.807, 2.05) is 31.2 Å². The Bertz CT molecular complexity index is 1140. The van der Waals surface area contributed by atoms with Crippen molar-refractivity contribution in [2.75, 3.05) is 18.3 Å². The molecule has 0 fully saturated rings. The Morgan fingerprint density at radius 2 is 1.84 bits per heavy atom. The molecule has 3 rings (SSSR count). The summed E-state index contributed by atoms with van der Waals surface area (Å²) in [5, 5.41) is 24.4. The highest BCUT2D eigenvalue weighted by molar-refractivity contribution is 7.99. The second-order valence-corrected chi connectivity index (χ2v) is 8.47. The van der Waals surface area contributed by atoms with Crippen LogP contribution in [0, 0.1) is 17.2 Å². The lowest BCUT2D eigenvalue weighted by atomic mass is 10.1. The van der Waals surface area contributed by atoms with Gasteiger partial charge in [0.25, 0.3) is 0 Å². The number of methoxy groups -OCH3 is 1. The number of nitriles is 1. The molecule has 0 aliphatic rings. The van der Waals surface area contributed by atoms with Gasteiger partial charge in [-0.25, -0.2) is 9.97 Å². The predicted molar refractivity (Wildman–Crippen MR) is 128 cm³/mol. The molecule has 8 heteroatoms. The van der Waals surface area contributed by atoms with Crippen molar-refractivity contribution in [3.8, 4) is 28.8 Å². The highest BCUT2D eigenvalue weighted by Crippen LogP contribution is 2.30. The summed E-state index contributed by atoms with van der Waals surface area (Å²) in [5.41, 5.74) is 6.12. The van der Waals surface area contributed by atoms with Crippen LogP contribution in [0.5, 0.6) is 11.5 Å². The predicted octanol–water partition coefficient (Wildman–Crippen LogP) is 5.31. The van der Waals surface area contributed by atoms with Gasteiger partial charge in [0.15, 0.2) is 11.0 Å². The van der Waals surface area contributed by atoms with Crippen LogP contribution in [-0.2, 0) is 0 Å². The zero-order valence-electron chi connectivity index (χ0n) is 18.5. The summed E-state index contributed by atoms with van der Waals surface area (Å²) in [4.78, 5) is 9.23. The monoisotopic (exact) mass is 447 g/mol. The molecule has 0 saturated heterocycles. The summed E-state index contributed by atoms with van der Waals surface area (Å²) >= 11 is 1.54. The summed E-state index contributed by atoms with van der Waals surface area (Å²) in [6.45, 7) is 6.10. The van der Waals surface area contributed by atoms with Crippen molar-refractivity contribution in [2.45, 2.75) is 25.9 Å². The third kappa shape index (κ3) is 5.77. The number of thioether (sulfide) groups is 1. The molecule has 0 bridgehead atoms. The molecule has 0 radical (unpaired) electrons. The number of aromatic nitrogens is 2. The molecule has 0 atom stereocenters. The minimum absolute atomic E-state index is 0.188. The largest absolute Gasteiger partial charge is 0.508 e. The number of aromatic hydroxyl groups is 1. The number of benzene rings is 2. The number of hydrogen-bond donors (Lipinski definition) is 2. The lowest BCUT2D eigenvalue weighted by Crippen LogP contribution is -2.06. The van der Waals surface area contributed by atoms with E-state index in [-0.39, 0.29) is 5.75 Å². The van der Waals surface area contributed by atoms with Crippen LogP contribution in [0.15, 0.2) is 58.8 Å². The first-order chi connectivity index (χ1) is 15.4. The van der Waals surface area contributed by atoms with Crippen LogP contribution in [0.1, 0.15) is 31.9 Å². The maximum Gasteiger partial charge on any atom is 0.190 e. The van der Waals surface area contributed by atoms with Crippen LogP contribution in [0.3, 0.4) is 0 Å². The highest BCUT2D eigenvalue weighted by Gasteiger charge is 2.17. The quantitative estimate of drug-likeness (QED) is 0.209. The molecular weight excluding hydrogens is 422 g/mol. The maximum absolute atomic E-state index is 9.91. The van der Waals surface area contributed by atoms with E-state index in [4.69, 9.17) is 4.74 Å². The average Bonchev–Trinajstić information content (AvgIpc) is 2.81. The molecule has 0 aliphatic carbocycles. The van der Waals surface area contributed by atoms with Crippen molar-refractivity contribution in [3.05, 3.63) is 59.7 Å². The van der Waals surface area contributed by atoms with E-state index >= 15 is 0 Å². The van der Waals surface area contributed by atoms with E-state index in [9.17, 15) is 10.4 Å². The van der Waals surface area contributed by atoms with Gasteiger partial charge in [0.05, 0.1) is 18.5 Å². The molecule has 0 spiro atoms. The van der Waals surface area contributed by atoms with Gasteiger partial charge in [-0.3, -0.25) is 5.43 Å². The zero-order valence-corrected chi connectivity index (χ0v) is 19.3. The van der Waals surface area contributed by atoms with Gasteiger partial charge >= 0.3 is 0 Å². The lowest BCUT2D eigenvalue weighted by molar-refractivity contribution is 0.415. The number of rotatable bonds is 8. The molecule has 0 amide bonds. The molecule has 7 nitrogen and oxygen atoms in total. The van der Waals surface area contributed by atoms with Crippen molar-refractivity contribution in [2.24, 2.45) is 11.0 Å². The molecule has 2 N–H and O–H groups in total. The number of phenols is 1. The number of ether oxygens (including phenoxy) is 1. The summed E-state index contributed by atoms with van der Waals surface area (Å²) < 4.78 is 5.24. The molecule has 0 saturated carbocycles. The number of anilines is 1. The molecular formula is C24H25N5O2S. The van der Waals surface area contributed by atoms with E-state index in [0.29, 0.717) is 33.9 Å². The van der Waals surface area contributed by atoms with Crippen LogP contribution in [0.25, 0.3) is 11.3 Å². The first-order valence-electron chi connectivity index (χ1n) is 10.1. The van der Waals surface area contributed by atoms with Crippen molar-refractivity contribution in [1.82, 2.24) is 9.97 Å². The Balaban J connectivity index is 2.02. The van der Waals surface area contributed by atoms with Crippen LogP contribution in [0.4, 0.5) is 5.82 Å². The van der Waals surface area contributed by atoms with Crippen LogP contribution >= 0.6 is 11.8 Å². The van der Waals surface area contributed by atoms with Gasteiger partial charge < -0.3 is 9.84 Å². The van der Waals surface area contributed by atoms with Crippen LogP contribution in [0.2, 0.25) is 0 Å². The van der Waals surface area contributed by atoms with E-state index < -0.39 is 0 Å². The van der Waals surface area contributed by atoms with Gasteiger partial charge in [-0.05, 0) is 66.9 Å². The number of nitrogens with one attached hydrogen (secondary N) is 1. The standard InChI is InChI=1S/C24H25N5O2S/c1-15(2)14-32-24-26-22(18-7-11-20(31-4)12-8-18)21(13-25)23(27-24)29-28-16(3)17-5-9-19(30)10-6-17/h5-12,15,30H,14H2,1-4H3,(H,26,27,29)/b28-16-. The SMILES string of the molecule is COc1ccc(-c2nc(SCC(C)C)nc(N/N=C(/C)c3ccc(O)cc3)c2C#N)cc1. The fourth-order valence-corrected chi connectivity index (χ4v) is 3.59. The van der Waals surface area contributed by atoms with E-state index in [0.717, 1.165) is 22.6 Å². The Labute approximate surface area is 192 Å². The van der Waals surface area contributed by atoms with Gasteiger partial charge in [-0.1, -0.05) is 25.6 Å². The number of nitrogens with zero attached hydrogens (tertiary/aromatic N) is 4. The lowest BCUT2D eigenvalue weighted by Gasteiger charge is -2.12. The smallest absolute Gasteiger partial charge is 0.190 e. The average molecular weight is 448 g/mol. The fourth-order valence-electron chi connectivity index (χ4n) is 2.79. The summed E-state index contributed by atoms with van der Waals surface area (Å²) in [5.74, 6) is 2.58. The van der Waals surface area contributed by atoms with Gasteiger partial charge in [0.2, 0.25) is 0 Å². The number of phenolic OH excluding ortho intramolecular Hbond substituents is 1. The minimum Gasteiger partial charge on any atom is -0.508 e.